The fourth-order valence-corrected chi connectivity index (χ4v) is 1.57. The van der Waals surface area contributed by atoms with Crippen molar-refractivity contribution in [3.05, 3.63) is 24.1 Å². The van der Waals surface area contributed by atoms with Gasteiger partial charge in [-0.15, -0.1) is 0 Å². The van der Waals surface area contributed by atoms with Crippen LogP contribution in [0.15, 0.2) is 18.3 Å². The second kappa shape index (κ2) is 5.25. The number of halogens is 1. The summed E-state index contributed by atoms with van der Waals surface area (Å²) in [5.74, 6) is 0.329. The maximum Gasteiger partial charge on any atom is 0.141 e. The van der Waals surface area contributed by atoms with Gasteiger partial charge in [-0.05, 0) is 24.0 Å². The van der Waals surface area contributed by atoms with Crippen molar-refractivity contribution in [1.82, 2.24) is 4.98 Å². The largest absolute Gasteiger partial charge is 0.369 e. The second-order valence-electron chi connectivity index (χ2n) is 5.27. The van der Waals surface area contributed by atoms with Crippen LogP contribution < -0.4 is 11.1 Å². The number of nitrogens with two attached hydrogens (primary N) is 1. The Labute approximate surface area is 96.3 Å². The molecule has 0 saturated carbocycles. The molecule has 0 bridgehead atoms. The molecule has 1 rings (SSSR count). The zero-order chi connectivity index (χ0) is 12.2. The lowest BCUT2D eigenvalue weighted by atomic mass is 9.88. The van der Waals surface area contributed by atoms with Crippen molar-refractivity contribution < 1.29 is 4.39 Å². The monoisotopic (exact) mass is 225 g/mol. The van der Waals surface area contributed by atoms with E-state index in [9.17, 15) is 4.39 Å². The molecule has 3 N–H and O–H groups in total. The van der Waals surface area contributed by atoms with E-state index in [0.29, 0.717) is 12.4 Å². The average molecular weight is 225 g/mol. The van der Waals surface area contributed by atoms with E-state index in [4.69, 9.17) is 5.73 Å². The molecule has 0 aliphatic heterocycles. The Balaban J connectivity index is 2.37. The molecule has 1 heterocycles. The number of nitrogens with zero attached hydrogens (tertiary/aromatic N) is 1. The molecule has 0 aliphatic rings. The highest BCUT2D eigenvalue weighted by atomic mass is 19.1. The van der Waals surface area contributed by atoms with E-state index in [-0.39, 0.29) is 17.3 Å². The van der Waals surface area contributed by atoms with E-state index in [1.165, 1.54) is 12.3 Å². The van der Waals surface area contributed by atoms with Gasteiger partial charge in [0.2, 0.25) is 0 Å². The van der Waals surface area contributed by atoms with Crippen LogP contribution in [0.2, 0.25) is 0 Å². The number of rotatable bonds is 4. The van der Waals surface area contributed by atoms with Crippen LogP contribution >= 0.6 is 0 Å². The van der Waals surface area contributed by atoms with Crippen LogP contribution in [0, 0.1) is 11.2 Å². The summed E-state index contributed by atoms with van der Waals surface area (Å²) in [5.41, 5.74) is 6.19. The Kier molecular flexibility index (Phi) is 4.24. The van der Waals surface area contributed by atoms with Crippen LogP contribution in [-0.4, -0.2) is 17.6 Å². The smallest absolute Gasteiger partial charge is 0.141 e. The summed E-state index contributed by atoms with van der Waals surface area (Å²) < 4.78 is 12.6. The van der Waals surface area contributed by atoms with Gasteiger partial charge in [-0.25, -0.2) is 9.37 Å². The zero-order valence-electron chi connectivity index (χ0n) is 10.1. The number of hydrogen-bond acceptors (Lipinski definition) is 3. The lowest BCUT2D eigenvalue weighted by Gasteiger charge is -2.23. The van der Waals surface area contributed by atoms with E-state index < -0.39 is 0 Å². The molecule has 0 aromatic carbocycles. The Morgan fingerprint density at radius 2 is 2.12 bits per heavy atom. The third kappa shape index (κ3) is 5.07. The van der Waals surface area contributed by atoms with Gasteiger partial charge >= 0.3 is 0 Å². The maximum absolute atomic E-state index is 12.6. The van der Waals surface area contributed by atoms with Gasteiger partial charge in [0.05, 0.1) is 6.20 Å². The van der Waals surface area contributed by atoms with E-state index >= 15 is 0 Å². The second-order valence-corrected chi connectivity index (χ2v) is 5.27. The highest BCUT2D eigenvalue weighted by molar-refractivity contribution is 5.33. The number of anilines is 1. The minimum atomic E-state index is -0.329. The van der Waals surface area contributed by atoms with Crippen molar-refractivity contribution in [2.24, 2.45) is 11.1 Å². The molecule has 1 atom stereocenters. The standard InChI is InChI=1S/C12H20FN3/c1-12(2,3)6-10(14)8-16-11-5-4-9(13)7-15-11/h4-5,7,10H,6,8,14H2,1-3H3,(H,15,16). The van der Waals surface area contributed by atoms with Crippen LogP contribution in [0.25, 0.3) is 0 Å². The molecular weight excluding hydrogens is 205 g/mol. The first-order chi connectivity index (χ1) is 7.37. The predicted molar refractivity (Wildman–Crippen MR) is 64.7 cm³/mol. The highest BCUT2D eigenvalue weighted by Crippen LogP contribution is 2.19. The molecule has 3 nitrogen and oxygen atoms in total. The number of aromatic nitrogens is 1. The van der Waals surface area contributed by atoms with Crippen LogP contribution in [0.5, 0.6) is 0 Å². The highest BCUT2D eigenvalue weighted by Gasteiger charge is 2.15. The fourth-order valence-electron chi connectivity index (χ4n) is 1.57. The number of nitrogens with one attached hydrogen (secondary N) is 1. The Morgan fingerprint density at radius 1 is 1.44 bits per heavy atom. The molecule has 0 aliphatic carbocycles. The third-order valence-electron chi connectivity index (χ3n) is 2.15. The summed E-state index contributed by atoms with van der Waals surface area (Å²) in [6.07, 6.45) is 2.12. The Hall–Kier alpha value is -1.16. The Bertz CT molecular complexity index is 316. The summed E-state index contributed by atoms with van der Waals surface area (Å²) in [6.45, 7) is 7.12. The molecule has 16 heavy (non-hydrogen) atoms. The van der Waals surface area contributed by atoms with Gasteiger partial charge in [-0.1, -0.05) is 20.8 Å². The van der Waals surface area contributed by atoms with Crippen molar-refractivity contribution in [3.63, 3.8) is 0 Å². The first-order valence-electron chi connectivity index (χ1n) is 5.48. The van der Waals surface area contributed by atoms with Crippen LogP contribution in [0.1, 0.15) is 27.2 Å². The van der Waals surface area contributed by atoms with E-state index in [0.717, 1.165) is 6.42 Å². The van der Waals surface area contributed by atoms with Crippen molar-refractivity contribution >= 4 is 5.82 Å². The van der Waals surface area contributed by atoms with Crippen LogP contribution in [0.4, 0.5) is 10.2 Å². The van der Waals surface area contributed by atoms with E-state index in [2.05, 4.69) is 31.1 Å². The van der Waals surface area contributed by atoms with Gasteiger partial charge in [-0.3, -0.25) is 0 Å². The molecular formula is C12H20FN3. The molecule has 90 valence electrons. The maximum atomic E-state index is 12.6. The minimum absolute atomic E-state index is 0.0758. The summed E-state index contributed by atoms with van der Waals surface area (Å²) in [5, 5.41) is 3.09. The predicted octanol–water partition coefficient (Wildman–Crippen LogP) is 2.40. The number of hydrogen-bond donors (Lipinski definition) is 2. The average Bonchev–Trinajstić information content (AvgIpc) is 2.14. The first kappa shape index (κ1) is 12.9. The van der Waals surface area contributed by atoms with Crippen molar-refractivity contribution in [2.45, 2.75) is 33.2 Å². The van der Waals surface area contributed by atoms with Gasteiger partial charge in [-0.2, -0.15) is 0 Å². The lowest BCUT2D eigenvalue weighted by molar-refractivity contribution is 0.344. The summed E-state index contributed by atoms with van der Waals surface area (Å²) in [4.78, 5) is 3.91. The molecule has 0 spiro atoms. The van der Waals surface area contributed by atoms with Gasteiger partial charge in [0.1, 0.15) is 11.6 Å². The Morgan fingerprint density at radius 3 is 2.62 bits per heavy atom. The van der Waals surface area contributed by atoms with Crippen molar-refractivity contribution in [1.29, 1.82) is 0 Å². The molecule has 0 fully saturated rings. The quantitative estimate of drug-likeness (QED) is 0.827. The normalized spacial score (nSPS) is 13.6. The molecule has 1 aromatic heterocycles. The molecule has 4 heteroatoms. The molecule has 0 amide bonds. The van der Waals surface area contributed by atoms with Crippen LogP contribution in [-0.2, 0) is 0 Å². The van der Waals surface area contributed by atoms with Gasteiger partial charge in [0.25, 0.3) is 0 Å². The van der Waals surface area contributed by atoms with Gasteiger partial charge in [0.15, 0.2) is 0 Å². The number of pyridine rings is 1. The van der Waals surface area contributed by atoms with Crippen molar-refractivity contribution in [3.8, 4) is 0 Å². The van der Waals surface area contributed by atoms with Crippen LogP contribution in [0.3, 0.4) is 0 Å². The SMILES string of the molecule is CC(C)(C)CC(N)CNc1ccc(F)cn1. The molecule has 1 unspecified atom stereocenters. The first-order valence-corrected chi connectivity index (χ1v) is 5.48. The zero-order valence-corrected chi connectivity index (χ0v) is 10.1. The molecule has 0 saturated heterocycles. The third-order valence-corrected chi connectivity index (χ3v) is 2.15. The lowest BCUT2D eigenvalue weighted by Crippen LogP contribution is -2.33. The van der Waals surface area contributed by atoms with Crippen molar-refractivity contribution in [2.75, 3.05) is 11.9 Å². The summed E-state index contributed by atoms with van der Waals surface area (Å²) in [6, 6.07) is 3.07. The topological polar surface area (TPSA) is 50.9 Å². The minimum Gasteiger partial charge on any atom is -0.369 e. The molecule has 1 aromatic rings. The summed E-state index contributed by atoms with van der Waals surface area (Å²) in [7, 11) is 0. The van der Waals surface area contributed by atoms with E-state index in [1.54, 1.807) is 6.07 Å². The van der Waals surface area contributed by atoms with Gasteiger partial charge in [0, 0.05) is 12.6 Å². The van der Waals surface area contributed by atoms with Gasteiger partial charge < -0.3 is 11.1 Å². The summed E-state index contributed by atoms with van der Waals surface area (Å²) >= 11 is 0. The fraction of sp³-hybridized carbons (Fsp3) is 0.583. The molecule has 0 radical (unpaired) electrons. The van der Waals surface area contributed by atoms with E-state index in [1.807, 2.05) is 0 Å².